The van der Waals surface area contributed by atoms with Gasteiger partial charge in [0.25, 0.3) is 0 Å². The molecule has 0 atom stereocenters. The summed E-state index contributed by atoms with van der Waals surface area (Å²) in [6.07, 6.45) is 6.60. The Kier molecular flexibility index (Phi) is 8.88. The van der Waals surface area contributed by atoms with Crippen molar-refractivity contribution in [1.29, 1.82) is 0 Å². The second kappa shape index (κ2) is 10.6. The molecule has 0 aliphatic heterocycles. The van der Waals surface area contributed by atoms with Crippen LogP contribution in [0.2, 0.25) is 0 Å². The van der Waals surface area contributed by atoms with E-state index in [1.165, 1.54) is 37.7 Å². The lowest BCUT2D eigenvalue weighted by Gasteiger charge is -2.11. The largest absolute Gasteiger partial charge is 0.493 e. The second-order valence-corrected chi connectivity index (χ2v) is 5.01. The molecule has 0 aromatic heterocycles. The molecule has 0 saturated heterocycles. The molecule has 1 rings (SSSR count). The van der Waals surface area contributed by atoms with E-state index in [1.807, 2.05) is 13.0 Å². The van der Waals surface area contributed by atoms with Gasteiger partial charge in [-0.2, -0.15) is 0 Å². The lowest BCUT2D eigenvalue weighted by atomic mass is 10.1. The Morgan fingerprint density at radius 2 is 1.80 bits per heavy atom. The zero-order valence-corrected chi connectivity index (χ0v) is 13.2. The lowest BCUT2D eigenvalue weighted by molar-refractivity contribution is 0.310. The summed E-state index contributed by atoms with van der Waals surface area (Å²) in [5.41, 5.74) is 1.24. The summed E-state index contributed by atoms with van der Waals surface area (Å²) in [7, 11) is 1.68. The molecular formula is C17H29NO2. The molecule has 20 heavy (non-hydrogen) atoms. The molecule has 0 aliphatic rings. The fourth-order valence-corrected chi connectivity index (χ4v) is 2.18. The maximum absolute atomic E-state index is 5.52. The molecule has 0 heterocycles. The molecule has 0 unspecified atom stereocenters. The fourth-order valence-electron chi connectivity index (χ4n) is 2.18. The summed E-state index contributed by atoms with van der Waals surface area (Å²) in [6.45, 7) is 6.85. The Bertz CT molecular complexity index is 366. The van der Waals surface area contributed by atoms with Gasteiger partial charge >= 0.3 is 0 Å². The van der Waals surface area contributed by atoms with Gasteiger partial charge in [-0.05, 0) is 37.6 Å². The standard InChI is InChI=1S/C17H29NO2/c1-4-6-7-8-9-12-18-14-15-10-11-16(20-5-2)17(13-15)19-3/h10-11,13,18H,4-9,12,14H2,1-3H3. The van der Waals surface area contributed by atoms with Gasteiger partial charge in [0.05, 0.1) is 13.7 Å². The van der Waals surface area contributed by atoms with E-state index in [9.17, 15) is 0 Å². The summed E-state index contributed by atoms with van der Waals surface area (Å²) in [5.74, 6) is 1.63. The maximum Gasteiger partial charge on any atom is 0.161 e. The summed E-state index contributed by atoms with van der Waals surface area (Å²) in [4.78, 5) is 0. The van der Waals surface area contributed by atoms with Crippen molar-refractivity contribution in [3.8, 4) is 11.5 Å². The number of hydrogen-bond donors (Lipinski definition) is 1. The molecule has 1 N–H and O–H groups in total. The van der Waals surface area contributed by atoms with Crippen LogP contribution in [0.15, 0.2) is 18.2 Å². The zero-order valence-electron chi connectivity index (χ0n) is 13.2. The number of hydrogen-bond acceptors (Lipinski definition) is 3. The number of methoxy groups -OCH3 is 1. The minimum Gasteiger partial charge on any atom is -0.493 e. The highest BCUT2D eigenvalue weighted by molar-refractivity contribution is 5.42. The quantitative estimate of drug-likeness (QED) is 0.617. The molecule has 1 aromatic carbocycles. The summed E-state index contributed by atoms with van der Waals surface area (Å²) in [6, 6.07) is 6.13. The lowest BCUT2D eigenvalue weighted by Crippen LogP contribution is -2.14. The molecule has 0 aliphatic carbocycles. The van der Waals surface area contributed by atoms with Crippen molar-refractivity contribution in [3.63, 3.8) is 0 Å². The van der Waals surface area contributed by atoms with E-state index < -0.39 is 0 Å². The first-order chi connectivity index (χ1) is 9.81. The topological polar surface area (TPSA) is 30.5 Å². The van der Waals surface area contributed by atoms with E-state index in [0.29, 0.717) is 6.61 Å². The van der Waals surface area contributed by atoms with E-state index in [1.54, 1.807) is 7.11 Å². The first kappa shape index (κ1) is 16.8. The highest BCUT2D eigenvalue weighted by atomic mass is 16.5. The van der Waals surface area contributed by atoms with Crippen LogP contribution in [0.5, 0.6) is 11.5 Å². The van der Waals surface area contributed by atoms with E-state index in [4.69, 9.17) is 9.47 Å². The molecule has 114 valence electrons. The van der Waals surface area contributed by atoms with Crippen LogP contribution in [-0.4, -0.2) is 20.3 Å². The molecule has 0 fully saturated rings. The van der Waals surface area contributed by atoms with Crippen molar-refractivity contribution in [2.24, 2.45) is 0 Å². The number of nitrogens with one attached hydrogen (secondary N) is 1. The summed E-state index contributed by atoms with van der Waals surface area (Å²) < 4.78 is 10.9. The van der Waals surface area contributed by atoms with Crippen molar-refractivity contribution in [1.82, 2.24) is 5.32 Å². The van der Waals surface area contributed by atoms with Gasteiger partial charge in [0.2, 0.25) is 0 Å². The Morgan fingerprint density at radius 1 is 1.00 bits per heavy atom. The van der Waals surface area contributed by atoms with Crippen LogP contribution in [0, 0.1) is 0 Å². The first-order valence-electron chi connectivity index (χ1n) is 7.82. The number of unbranched alkanes of at least 4 members (excludes halogenated alkanes) is 4. The maximum atomic E-state index is 5.52. The number of rotatable bonds is 11. The van der Waals surface area contributed by atoms with Crippen molar-refractivity contribution >= 4 is 0 Å². The van der Waals surface area contributed by atoms with Crippen LogP contribution < -0.4 is 14.8 Å². The molecule has 3 nitrogen and oxygen atoms in total. The van der Waals surface area contributed by atoms with E-state index >= 15 is 0 Å². The van der Waals surface area contributed by atoms with Crippen molar-refractivity contribution in [3.05, 3.63) is 23.8 Å². The highest BCUT2D eigenvalue weighted by Gasteiger charge is 2.04. The molecule has 0 saturated carbocycles. The fraction of sp³-hybridized carbons (Fsp3) is 0.647. The Morgan fingerprint density at radius 3 is 2.50 bits per heavy atom. The molecule has 0 spiro atoms. The van der Waals surface area contributed by atoms with Crippen LogP contribution in [0.25, 0.3) is 0 Å². The summed E-state index contributed by atoms with van der Waals surface area (Å²) in [5, 5.41) is 3.48. The Labute approximate surface area is 123 Å². The zero-order chi connectivity index (χ0) is 14.6. The van der Waals surface area contributed by atoms with Gasteiger partial charge in [-0.1, -0.05) is 38.7 Å². The molecule has 0 amide bonds. The third kappa shape index (κ3) is 6.29. The average Bonchev–Trinajstić information content (AvgIpc) is 2.48. The number of benzene rings is 1. The monoisotopic (exact) mass is 279 g/mol. The Hall–Kier alpha value is -1.22. The van der Waals surface area contributed by atoms with E-state index in [2.05, 4.69) is 24.4 Å². The Balaban J connectivity index is 2.29. The predicted octanol–water partition coefficient (Wildman–Crippen LogP) is 4.15. The first-order valence-corrected chi connectivity index (χ1v) is 7.82. The average molecular weight is 279 g/mol. The van der Waals surface area contributed by atoms with Gasteiger partial charge < -0.3 is 14.8 Å². The van der Waals surface area contributed by atoms with E-state index in [0.717, 1.165) is 24.6 Å². The normalized spacial score (nSPS) is 10.6. The van der Waals surface area contributed by atoms with Crippen LogP contribution in [-0.2, 0) is 6.54 Å². The SMILES string of the molecule is CCCCCCCNCc1ccc(OCC)c(OC)c1. The van der Waals surface area contributed by atoms with Crippen LogP contribution in [0.4, 0.5) is 0 Å². The van der Waals surface area contributed by atoms with Crippen molar-refractivity contribution < 1.29 is 9.47 Å². The molecule has 1 aromatic rings. The van der Waals surface area contributed by atoms with Crippen LogP contribution >= 0.6 is 0 Å². The van der Waals surface area contributed by atoms with Crippen LogP contribution in [0.1, 0.15) is 51.5 Å². The van der Waals surface area contributed by atoms with Gasteiger partial charge in [0.15, 0.2) is 11.5 Å². The number of ether oxygens (including phenoxy) is 2. The predicted molar refractivity (Wildman–Crippen MR) is 84.6 cm³/mol. The van der Waals surface area contributed by atoms with Gasteiger partial charge in [-0.3, -0.25) is 0 Å². The van der Waals surface area contributed by atoms with Gasteiger partial charge in [0, 0.05) is 6.54 Å². The highest BCUT2D eigenvalue weighted by Crippen LogP contribution is 2.27. The third-order valence-corrected chi connectivity index (χ3v) is 3.31. The molecule has 0 radical (unpaired) electrons. The molecule has 3 heteroatoms. The van der Waals surface area contributed by atoms with Crippen molar-refractivity contribution in [2.75, 3.05) is 20.3 Å². The minimum absolute atomic E-state index is 0.658. The smallest absolute Gasteiger partial charge is 0.161 e. The summed E-state index contributed by atoms with van der Waals surface area (Å²) >= 11 is 0. The van der Waals surface area contributed by atoms with Crippen LogP contribution in [0.3, 0.4) is 0 Å². The minimum atomic E-state index is 0.658. The van der Waals surface area contributed by atoms with Crippen molar-refractivity contribution in [2.45, 2.75) is 52.5 Å². The van der Waals surface area contributed by atoms with Gasteiger partial charge in [0.1, 0.15) is 0 Å². The van der Waals surface area contributed by atoms with Gasteiger partial charge in [-0.25, -0.2) is 0 Å². The molecule has 0 bridgehead atoms. The van der Waals surface area contributed by atoms with Gasteiger partial charge in [-0.15, -0.1) is 0 Å². The third-order valence-electron chi connectivity index (χ3n) is 3.31. The second-order valence-electron chi connectivity index (χ2n) is 5.01. The molecular weight excluding hydrogens is 250 g/mol. The van der Waals surface area contributed by atoms with E-state index in [-0.39, 0.29) is 0 Å².